The Morgan fingerprint density at radius 1 is 1.45 bits per heavy atom. The molecule has 0 bridgehead atoms. The largest absolute Gasteiger partial charge is 0.349 e. The van der Waals surface area contributed by atoms with Gasteiger partial charge in [-0.15, -0.1) is 0 Å². The molecule has 0 saturated carbocycles. The van der Waals surface area contributed by atoms with Gasteiger partial charge in [0.05, 0.1) is 5.54 Å². The van der Waals surface area contributed by atoms with Gasteiger partial charge in [-0.1, -0.05) is 41.9 Å². The summed E-state index contributed by atoms with van der Waals surface area (Å²) < 4.78 is 1.10. The van der Waals surface area contributed by atoms with Crippen LogP contribution in [0.25, 0.3) is 0 Å². The maximum absolute atomic E-state index is 12.1. The van der Waals surface area contributed by atoms with Gasteiger partial charge >= 0.3 is 0 Å². The van der Waals surface area contributed by atoms with E-state index in [1.165, 1.54) is 11.1 Å². The van der Waals surface area contributed by atoms with Crippen LogP contribution >= 0.6 is 15.9 Å². The van der Waals surface area contributed by atoms with E-state index < -0.39 is 0 Å². The number of nitrogens with two attached hydrogens (primary N) is 1. The van der Waals surface area contributed by atoms with Gasteiger partial charge < -0.3 is 11.1 Å². The second kappa shape index (κ2) is 7.23. The Hall–Kier alpha value is -0.870. The quantitative estimate of drug-likeness (QED) is 0.835. The Kier molecular flexibility index (Phi) is 6.21. The Labute approximate surface area is 130 Å². The molecular weight excluding hydrogens is 316 g/mol. The van der Waals surface area contributed by atoms with Crippen LogP contribution in [-0.2, 0) is 11.2 Å². The van der Waals surface area contributed by atoms with Crippen LogP contribution in [0.5, 0.6) is 0 Å². The standard InChI is InChI=1S/C16H25BrN2O/c1-11(2)16(4,10-18)19-15(20)8-6-13-5-7-14(17)12(3)9-13/h5,7,9,11H,6,8,10,18H2,1-4H3,(H,19,20). The molecular formula is C16H25BrN2O. The van der Waals surface area contributed by atoms with E-state index in [4.69, 9.17) is 5.73 Å². The van der Waals surface area contributed by atoms with Gasteiger partial charge in [-0.05, 0) is 43.4 Å². The minimum Gasteiger partial charge on any atom is -0.349 e. The molecule has 1 amide bonds. The molecule has 1 rings (SSSR count). The van der Waals surface area contributed by atoms with Crippen LogP contribution in [0, 0.1) is 12.8 Å². The summed E-state index contributed by atoms with van der Waals surface area (Å²) in [5, 5.41) is 3.07. The first-order valence-electron chi connectivity index (χ1n) is 7.04. The second-order valence-electron chi connectivity index (χ2n) is 5.91. The number of hydrogen-bond donors (Lipinski definition) is 2. The molecule has 0 heterocycles. The van der Waals surface area contributed by atoms with E-state index in [2.05, 4.69) is 54.2 Å². The highest BCUT2D eigenvalue weighted by Crippen LogP contribution is 2.18. The van der Waals surface area contributed by atoms with Crippen LogP contribution in [0.2, 0.25) is 0 Å². The fourth-order valence-electron chi connectivity index (χ4n) is 1.93. The molecule has 1 aromatic rings. The number of nitrogens with one attached hydrogen (secondary N) is 1. The summed E-state index contributed by atoms with van der Waals surface area (Å²) in [5.74, 6) is 0.374. The van der Waals surface area contributed by atoms with E-state index in [1.807, 2.05) is 13.0 Å². The van der Waals surface area contributed by atoms with Crippen molar-refractivity contribution in [3.8, 4) is 0 Å². The van der Waals surface area contributed by atoms with E-state index in [9.17, 15) is 4.79 Å². The lowest BCUT2D eigenvalue weighted by atomic mass is 9.88. The van der Waals surface area contributed by atoms with Gasteiger partial charge in [-0.3, -0.25) is 4.79 Å². The summed E-state index contributed by atoms with van der Waals surface area (Å²) in [7, 11) is 0. The van der Waals surface area contributed by atoms with Crippen molar-refractivity contribution in [3.05, 3.63) is 33.8 Å². The molecule has 0 aliphatic carbocycles. The zero-order chi connectivity index (χ0) is 15.3. The third-order valence-electron chi connectivity index (χ3n) is 3.99. The lowest BCUT2D eigenvalue weighted by Crippen LogP contribution is -2.55. The minimum atomic E-state index is -0.327. The topological polar surface area (TPSA) is 55.1 Å². The van der Waals surface area contributed by atoms with Crippen molar-refractivity contribution in [3.63, 3.8) is 0 Å². The Morgan fingerprint density at radius 3 is 2.60 bits per heavy atom. The molecule has 4 heteroatoms. The number of rotatable bonds is 6. The van der Waals surface area contributed by atoms with Crippen LogP contribution in [0.4, 0.5) is 0 Å². The molecule has 0 radical (unpaired) electrons. The molecule has 1 aromatic carbocycles. The Balaban J connectivity index is 2.57. The molecule has 0 aromatic heterocycles. The average molecular weight is 341 g/mol. The number of hydrogen-bond acceptors (Lipinski definition) is 2. The lowest BCUT2D eigenvalue weighted by Gasteiger charge is -2.33. The number of carbonyl (C=O) groups excluding carboxylic acids is 1. The van der Waals surface area contributed by atoms with Crippen LogP contribution in [0.3, 0.4) is 0 Å². The van der Waals surface area contributed by atoms with E-state index >= 15 is 0 Å². The van der Waals surface area contributed by atoms with Gasteiger partial charge in [0, 0.05) is 17.4 Å². The SMILES string of the molecule is Cc1cc(CCC(=O)NC(C)(CN)C(C)C)ccc1Br. The molecule has 3 nitrogen and oxygen atoms in total. The number of amides is 1. The molecule has 0 aliphatic heterocycles. The fourth-order valence-corrected chi connectivity index (χ4v) is 2.18. The first kappa shape index (κ1) is 17.2. The Morgan fingerprint density at radius 2 is 2.10 bits per heavy atom. The summed E-state index contributed by atoms with van der Waals surface area (Å²) in [5.41, 5.74) is 7.83. The summed E-state index contributed by atoms with van der Waals surface area (Å²) in [6, 6.07) is 6.19. The van der Waals surface area contributed by atoms with Gasteiger partial charge in [0.25, 0.3) is 0 Å². The molecule has 0 aliphatic rings. The third-order valence-corrected chi connectivity index (χ3v) is 4.88. The van der Waals surface area contributed by atoms with Gasteiger partial charge in [0.2, 0.25) is 5.91 Å². The maximum Gasteiger partial charge on any atom is 0.220 e. The predicted molar refractivity (Wildman–Crippen MR) is 87.6 cm³/mol. The normalized spacial score (nSPS) is 14.2. The molecule has 0 fully saturated rings. The summed E-state index contributed by atoms with van der Waals surface area (Å²) in [6.07, 6.45) is 1.24. The first-order chi connectivity index (χ1) is 9.28. The van der Waals surface area contributed by atoms with Gasteiger partial charge in [0.15, 0.2) is 0 Å². The van der Waals surface area contributed by atoms with E-state index in [0.29, 0.717) is 18.9 Å². The molecule has 1 atom stereocenters. The first-order valence-corrected chi connectivity index (χ1v) is 7.84. The highest BCUT2D eigenvalue weighted by molar-refractivity contribution is 9.10. The van der Waals surface area contributed by atoms with Crippen molar-refractivity contribution >= 4 is 21.8 Å². The van der Waals surface area contributed by atoms with Crippen molar-refractivity contribution in [2.24, 2.45) is 11.7 Å². The molecule has 0 saturated heterocycles. The third kappa shape index (κ3) is 4.60. The van der Waals surface area contributed by atoms with Crippen molar-refractivity contribution in [1.82, 2.24) is 5.32 Å². The van der Waals surface area contributed by atoms with Crippen LogP contribution in [-0.4, -0.2) is 18.0 Å². The minimum absolute atomic E-state index is 0.0622. The van der Waals surface area contributed by atoms with E-state index in [1.54, 1.807) is 0 Å². The molecule has 0 spiro atoms. The molecule has 112 valence electrons. The monoisotopic (exact) mass is 340 g/mol. The lowest BCUT2D eigenvalue weighted by molar-refractivity contribution is -0.123. The van der Waals surface area contributed by atoms with E-state index in [-0.39, 0.29) is 11.4 Å². The van der Waals surface area contributed by atoms with Crippen LogP contribution in [0.1, 0.15) is 38.3 Å². The number of halogens is 1. The number of aryl methyl sites for hydroxylation is 2. The highest BCUT2D eigenvalue weighted by atomic mass is 79.9. The smallest absolute Gasteiger partial charge is 0.220 e. The van der Waals surface area contributed by atoms with Crippen molar-refractivity contribution in [2.45, 2.75) is 46.1 Å². The number of benzene rings is 1. The number of carbonyl (C=O) groups is 1. The predicted octanol–water partition coefficient (Wildman–Crippen LogP) is 3.18. The van der Waals surface area contributed by atoms with Crippen LogP contribution in [0.15, 0.2) is 22.7 Å². The fraction of sp³-hybridized carbons (Fsp3) is 0.562. The van der Waals surface area contributed by atoms with E-state index in [0.717, 1.165) is 10.9 Å². The maximum atomic E-state index is 12.1. The molecule has 1 unspecified atom stereocenters. The average Bonchev–Trinajstić information content (AvgIpc) is 2.39. The summed E-state index contributed by atoms with van der Waals surface area (Å²) >= 11 is 3.48. The van der Waals surface area contributed by atoms with Crippen molar-refractivity contribution < 1.29 is 4.79 Å². The van der Waals surface area contributed by atoms with Crippen molar-refractivity contribution in [1.29, 1.82) is 0 Å². The molecule has 3 N–H and O–H groups in total. The van der Waals surface area contributed by atoms with Gasteiger partial charge in [0.1, 0.15) is 0 Å². The van der Waals surface area contributed by atoms with Crippen molar-refractivity contribution in [2.75, 3.05) is 6.54 Å². The van der Waals surface area contributed by atoms with Crippen LogP contribution < -0.4 is 11.1 Å². The zero-order valence-electron chi connectivity index (χ0n) is 12.8. The summed E-state index contributed by atoms with van der Waals surface area (Å²) in [4.78, 5) is 12.1. The second-order valence-corrected chi connectivity index (χ2v) is 6.76. The van der Waals surface area contributed by atoms with Gasteiger partial charge in [-0.25, -0.2) is 0 Å². The zero-order valence-corrected chi connectivity index (χ0v) is 14.4. The molecule has 20 heavy (non-hydrogen) atoms. The van der Waals surface area contributed by atoms with Gasteiger partial charge in [-0.2, -0.15) is 0 Å². The highest BCUT2D eigenvalue weighted by Gasteiger charge is 2.28. The Bertz CT molecular complexity index is 474. The summed E-state index contributed by atoms with van der Waals surface area (Å²) in [6.45, 7) is 8.65.